The minimum Gasteiger partial charge on any atom is -0.456 e. The van der Waals surface area contributed by atoms with Crippen molar-refractivity contribution in [2.75, 3.05) is 4.90 Å². The summed E-state index contributed by atoms with van der Waals surface area (Å²) in [6.45, 7) is 0. The molecule has 0 unspecified atom stereocenters. The molecule has 12 aromatic rings. The summed E-state index contributed by atoms with van der Waals surface area (Å²) in [7, 11) is 0. The van der Waals surface area contributed by atoms with Crippen LogP contribution in [0.25, 0.3) is 88.4 Å². The first-order chi connectivity index (χ1) is 31.7. The summed E-state index contributed by atoms with van der Waals surface area (Å²) in [5, 5.41) is 4.39. The highest BCUT2D eigenvalue weighted by molar-refractivity contribution is 6.14. The molecule has 64 heavy (non-hydrogen) atoms. The van der Waals surface area contributed by atoms with Crippen molar-refractivity contribution < 1.29 is 8.83 Å². The van der Waals surface area contributed by atoms with E-state index in [4.69, 9.17) is 8.83 Å². The molecule has 0 radical (unpaired) electrons. The van der Waals surface area contributed by atoms with Gasteiger partial charge in [0.1, 0.15) is 22.3 Å². The average Bonchev–Trinajstić information content (AvgIpc) is 4.09. The third-order valence-corrected chi connectivity index (χ3v) is 13.9. The summed E-state index contributed by atoms with van der Waals surface area (Å²) in [6.07, 6.45) is 0. The second-order valence-corrected chi connectivity index (χ2v) is 17.1. The third kappa shape index (κ3) is 4.81. The summed E-state index contributed by atoms with van der Waals surface area (Å²) in [4.78, 5) is 2.43. The Kier molecular flexibility index (Phi) is 7.32. The highest BCUT2D eigenvalue weighted by Gasteiger charge is 2.51. The fourth-order valence-corrected chi connectivity index (χ4v) is 11.3. The van der Waals surface area contributed by atoms with Gasteiger partial charge in [0.2, 0.25) is 0 Å². The molecule has 2 aliphatic rings. The van der Waals surface area contributed by atoms with Crippen LogP contribution in [0.1, 0.15) is 22.3 Å². The smallest absolute Gasteiger partial charge is 0.137 e. The number of para-hydroxylation sites is 2. The molecule has 3 heteroatoms. The maximum atomic E-state index is 6.82. The van der Waals surface area contributed by atoms with Gasteiger partial charge in [-0.15, -0.1) is 0 Å². The molecule has 0 atom stereocenters. The van der Waals surface area contributed by atoms with E-state index in [1.54, 1.807) is 0 Å². The molecule has 298 valence electrons. The van der Waals surface area contributed by atoms with E-state index in [0.29, 0.717) is 0 Å². The SMILES string of the molecule is c1ccc(-c2ccc3c(c2)oc2cc(N(c4ccc5c(c4)C4(c6ccccc6-c6ccccc64)c4ccccc4-5)c4ccccc4-c4cccc5oc6ccccc6c45)ccc23)cc1. The van der Waals surface area contributed by atoms with Gasteiger partial charge in [-0.25, -0.2) is 0 Å². The Bertz CT molecular complexity index is 3810. The summed E-state index contributed by atoms with van der Waals surface area (Å²) in [6, 6.07) is 81.5. The van der Waals surface area contributed by atoms with Crippen molar-refractivity contribution >= 4 is 60.9 Å². The molecule has 1 spiro atoms. The van der Waals surface area contributed by atoms with Gasteiger partial charge >= 0.3 is 0 Å². The fraction of sp³-hybridized carbons (Fsp3) is 0.0164. The molecule has 0 N–H and O–H groups in total. The van der Waals surface area contributed by atoms with E-state index in [2.05, 4.69) is 223 Å². The first-order valence-electron chi connectivity index (χ1n) is 22.0. The van der Waals surface area contributed by atoms with Crippen LogP contribution >= 0.6 is 0 Å². The van der Waals surface area contributed by atoms with Crippen LogP contribution in [0.5, 0.6) is 0 Å². The predicted molar refractivity (Wildman–Crippen MR) is 263 cm³/mol. The van der Waals surface area contributed by atoms with E-state index in [1.165, 1.54) is 44.5 Å². The molecule has 2 aromatic heterocycles. The van der Waals surface area contributed by atoms with E-state index in [0.717, 1.165) is 83.2 Å². The van der Waals surface area contributed by atoms with Crippen molar-refractivity contribution in [3.05, 3.63) is 247 Å². The Morgan fingerprint density at radius 2 is 0.828 bits per heavy atom. The van der Waals surface area contributed by atoms with Crippen molar-refractivity contribution in [1.29, 1.82) is 0 Å². The van der Waals surface area contributed by atoms with Crippen LogP contribution in [-0.4, -0.2) is 0 Å². The summed E-state index contributed by atoms with van der Waals surface area (Å²) >= 11 is 0. The lowest BCUT2D eigenvalue weighted by molar-refractivity contribution is 0.668. The van der Waals surface area contributed by atoms with E-state index < -0.39 is 5.41 Å². The molecule has 3 nitrogen and oxygen atoms in total. The number of hydrogen-bond acceptors (Lipinski definition) is 3. The van der Waals surface area contributed by atoms with Crippen LogP contribution in [-0.2, 0) is 5.41 Å². The second kappa shape index (κ2) is 13.3. The van der Waals surface area contributed by atoms with Gasteiger partial charge in [0.05, 0.1) is 11.1 Å². The van der Waals surface area contributed by atoms with Crippen molar-refractivity contribution in [2.45, 2.75) is 5.41 Å². The molecular weight excluding hydrogens is 779 g/mol. The van der Waals surface area contributed by atoms with Crippen LogP contribution in [0.4, 0.5) is 17.1 Å². The number of anilines is 3. The topological polar surface area (TPSA) is 29.5 Å². The van der Waals surface area contributed by atoms with Gasteiger partial charge in [0, 0.05) is 44.5 Å². The second-order valence-electron chi connectivity index (χ2n) is 17.1. The molecular formula is C61H37NO2. The fourth-order valence-electron chi connectivity index (χ4n) is 11.3. The molecule has 14 rings (SSSR count). The van der Waals surface area contributed by atoms with Gasteiger partial charge in [-0.05, 0) is 116 Å². The van der Waals surface area contributed by atoms with Gasteiger partial charge < -0.3 is 13.7 Å². The molecule has 2 aliphatic carbocycles. The van der Waals surface area contributed by atoms with Crippen molar-refractivity contribution in [3.8, 4) is 44.5 Å². The van der Waals surface area contributed by atoms with Crippen LogP contribution < -0.4 is 4.90 Å². The maximum absolute atomic E-state index is 6.82. The van der Waals surface area contributed by atoms with Gasteiger partial charge in [0.25, 0.3) is 0 Å². The number of benzene rings is 10. The molecule has 0 saturated carbocycles. The Balaban J connectivity index is 1.03. The Morgan fingerprint density at radius 3 is 1.58 bits per heavy atom. The summed E-state index contributed by atoms with van der Waals surface area (Å²) in [5.74, 6) is 0. The largest absolute Gasteiger partial charge is 0.456 e. The Morgan fingerprint density at radius 1 is 0.297 bits per heavy atom. The monoisotopic (exact) mass is 815 g/mol. The number of rotatable bonds is 5. The molecule has 0 fully saturated rings. The molecule has 0 aliphatic heterocycles. The lowest BCUT2D eigenvalue weighted by Crippen LogP contribution is -2.26. The van der Waals surface area contributed by atoms with Gasteiger partial charge in [-0.3, -0.25) is 0 Å². The van der Waals surface area contributed by atoms with E-state index in [1.807, 2.05) is 6.07 Å². The van der Waals surface area contributed by atoms with E-state index in [9.17, 15) is 0 Å². The quantitative estimate of drug-likeness (QED) is 0.173. The summed E-state index contributed by atoms with van der Waals surface area (Å²) < 4.78 is 13.3. The first-order valence-corrected chi connectivity index (χ1v) is 22.0. The number of fused-ring (bicyclic) bond motifs is 16. The lowest BCUT2D eigenvalue weighted by atomic mass is 9.70. The van der Waals surface area contributed by atoms with Gasteiger partial charge in [0.15, 0.2) is 0 Å². The van der Waals surface area contributed by atoms with Crippen molar-refractivity contribution in [3.63, 3.8) is 0 Å². The predicted octanol–water partition coefficient (Wildman–Crippen LogP) is 16.6. The highest BCUT2D eigenvalue weighted by Crippen LogP contribution is 2.63. The van der Waals surface area contributed by atoms with Crippen molar-refractivity contribution in [1.82, 2.24) is 0 Å². The standard InChI is InChI=1S/C61H37NO2/c1-2-15-38(16-3-1)39-29-32-47-48-34-31-41(37-59(48)64-58(47)35-39)62(55-26-12-7-20-46(55)49-22-14-28-57-60(49)50-21-8-13-27-56(50)63-57)40-30-33-45-44-19-6-11-25-53(44)61(54(45)36-40)51-23-9-4-17-42(51)43-18-5-10-24-52(43)61/h1-37H. The van der Waals surface area contributed by atoms with Crippen LogP contribution in [0, 0.1) is 0 Å². The minimum absolute atomic E-state index is 0.485. The average molecular weight is 816 g/mol. The van der Waals surface area contributed by atoms with Crippen LogP contribution in [0.15, 0.2) is 233 Å². The Hall–Kier alpha value is -8.40. The molecule has 0 amide bonds. The molecule has 10 aromatic carbocycles. The first kappa shape index (κ1) is 35.2. The number of furan rings is 2. The zero-order chi connectivity index (χ0) is 41.9. The number of hydrogen-bond donors (Lipinski definition) is 0. The highest BCUT2D eigenvalue weighted by atomic mass is 16.3. The van der Waals surface area contributed by atoms with Crippen LogP contribution in [0.2, 0.25) is 0 Å². The van der Waals surface area contributed by atoms with E-state index in [-0.39, 0.29) is 0 Å². The Labute approximate surface area is 369 Å². The van der Waals surface area contributed by atoms with Crippen molar-refractivity contribution in [2.24, 2.45) is 0 Å². The molecule has 0 saturated heterocycles. The molecule has 2 heterocycles. The molecule has 0 bridgehead atoms. The van der Waals surface area contributed by atoms with E-state index >= 15 is 0 Å². The minimum atomic E-state index is -0.485. The van der Waals surface area contributed by atoms with Gasteiger partial charge in [-0.1, -0.05) is 164 Å². The zero-order valence-corrected chi connectivity index (χ0v) is 34.6. The lowest BCUT2D eigenvalue weighted by Gasteiger charge is -2.32. The normalized spacial score (nSPS) is 13.1. The third-order valence-electron chi connectivity index (χ3n) is 13.9. The maximum Gasteiger partial charge on any atom is 0.137 e. The summed E-state index contributed by atoms with van der Waals surface area (Å²) in [5.41, 5.74) is 21.0. The zero-order valence-electron chi connectivity index (χ0n) is 34.6. The number of nitrogens with zero attached hydrogens (tertiary/aromatic N) is 1. The van der Waals surface area contributed by atoms with Gasteiger partial charge in [-0.2, -0.15) is 0 Å². The van der Waals surface area contributed by atoms with Crippen LogP contribution in [0.3, 0.4) is 0 Å².